The van der Waals surface area contributed by atoms with Gasteiger partial charge in [0.1, 0.15) is 5.82 Å². The SMILES string of the molecule is CCC1(OC)C(=O)N(C)c2cc3cnc(C)nc3cc21. The number of aryl methyl sites for hydroxylation is 1. The van der Waals surface area contributed by atoms with Crippen molar-refractivity contribution in [1.29, 1.82) is 0 Å². The molecule has 1 aromatic carbocycles. The number of anilines is 1. The second kappa shape index (κ2) is 4.24. The predicted octanol–water partition coefficient (Wildman–Crippen LogP) is 2.17. The molecule has 1 aliphatic rings. The number of hydrogen-bond acceptors (Lipinski definition) is 4. The van der Waals surface area contributed by atoms with E-state index < -0.39 is 5.60 Å². The zero-order chi connectivity index (χ0) is 14.5. The Morgan fingerprint density at radius 1 is 1.40 bits per heavy atom. The number of nitrogens with zero attached hydrogens (tertiary/aromatic N) is 3. The first-order valence-corrected chi connectivity index (χ1v) is 6.64. The Morgan fingerprint density at radius 3 is 2.80 bits per heavy atom. The van der Waals surface area contributed by atoms with E-state index in [4.69, 9.17) is 4.74 Å². The normalized spacial score (nSPS) is 21.6. The maximum atomic E-state index is 12.6. The third kappa shape index (κ3) is 1.50. The molecule has 20 heavy (non-hydrogen) atoms. The van der Waals surface area contributed by atoms with Gasteiger partial charge in [0.25, 0.3) is 5.91 Å². The van der Waals surface area contributed by atoms with Gasteiger partial charge in [0.15, 0.2) is 5.60 Å². The first-order valence-electron chi connectivity index (χ1n) is 6.64. The molecule has 0 fully saturated rings. The van der Waals surface area contributed by atoms with E-state index in [1.54, 1.807) is 25.3 Å². The Balaban J connectivity index is 2.34. The van der Waals surface area contributed by atoms with E-state index in [9.17, 15) is 4.79 Å². The molecule has 0 radical (unpaired) electrons. The van der Waals surface area contributed by atoms with Gasteiger partial charge in [-0.2, -0.15) is 0 Å². The Hall–Kier alpha value is -2.01. The molecule has 3 rings (SSSR count). The molecule has 0 saturated heterocycles. The van der Waals surface area contributed by atoms with E-state index >= 15 is 0 Å². The van der Waals surface area contributed by atoms with Gasteiger partial charge in [-0.1, -0.05) is 6.92 Å². The van der Waals surface area contributed by atoms with Gasteiger partial charge < -0.3 is 9.64 Å². The maximum Gasteiger partial charge on any atom is 0.263 e. The summed E-state index contributed by atoms with van der Waals surface area (Å²) in [6.45, 7) is 3.81. The van der Waals surface area contributed by atoms with Gasteiger partial charge in [0.05, 0.1) is 11.2 Å². The zero-order valence-corrected chi connectivity index (χ0v) is 12.1. The number of hydrogen-bond donors (Lipinski definition) is 0. The molecule has 2 heterocycles. The van der Waals surface area contributed by atoms with E-state index in [2.05, 4.69) is 9.97 Å². The summed E-state index contributed by atoms with van der Waals surface area (Å²) < 4.78 is 5.60. The fourth-order valence-corrected chi connectivity index (χ4v) is 2.94. The number of fused-ring (bicyclic) bond motifs is 2. The fourth-order valence-electron chi connectivity index (χ4n) is 2.94. The van der Waals surface area contributed by atoms with Gasteiger partial charge in [-0.05, 0) is 25.5 Å². The molecule has 0 aliphatic carbocycles. The quantitative estimate of drug-likeness (QED) is 0.840. The number of carbonyl (C=O) groups excluding carboxylic acids is 1. The molecule has 0 saturated carbocycles. The van der Waals surface area contributed by atoms with Crippen molar-refractivity contribution in [2.75, 3.05) is 19.1 Å². The van der Waals surface area contributed by atoms with Crippen LogP contribution in [0.15, 0.2) is 18.3 Å². The number of likely N-dealkylation sites (N-methyl/N-ethyl adjacent to an activating group) is 1. The average molecular weight is 271 g/mol. The van der Waals surface area contributed by atoms with Crippen LogP contribution in [0.2, 0.25) is 0 Å². The Kier molecular flexibility index (Phi) is 2.76. The maximum absolute atomic E-state index is 12.6. The molecule has 1 amide bonds. The van der Waals surface area contributed by atoms with Crippen LogP contribution in [0.3, 0.4) is 0 Å². The molecule has 2 aromatic rings. The summed E-state index contributed by atoms with van der Waals surface area (Å²) in [7, 11) is 3.36. The van der Waals surface area contributed by atoms with Crippen molar-refractivity contribution in [3.63, 3.8) is 0 Å². The standard InChI is InChI=1S/C15H17N3O2/c1-5-15(20-4)11-7-12-10(8-16-9(2)17-12)6-13(11)18(3)14(15)19/h6-8H,5H2,1-4H3. The van der Waals surface area contributed by atoms with Crippen LogP contribution in [0, 0.1) is 6.92 Å². The lowest BCUT2D eigenvalue weighted by Crippen LogP contribution is -2.39. The summed E-state index contributed by atoms with van der Waals surface area (Å²) in [5, 5.41) is 0.928. The molecular weight excluding hydrogens is 254 g/mol. The third-order valence-corrected chi connectivity index (χ3v) is 4.11. The summed E-state index contributed by atoms with van der Waals surface area (Å²) in [6.07, 6.45) is 2.38. The Bertz CT molecular complexity index is 708. The summed E-state index contributed by atoms with van der Waals surface area (Å²) in [4.78, 5) is 22.9. The van der Waals surface area contributed by atoms with Crippen LogP contribution in [-0.2, 0) is 15.1 Å². The second-order valence-corrected chi connectivity index (χ2v) is 5.09. The number of rotatable bonds is 2. The zero-order valence-electron chi connectivity index (χ0n) is 12.1. The van der Waals surface area contributed by atoms with Crippen LogP contribution in [-0.4, -0.2) is 30.0 Å². The molecule has 5 nitrogen and oxygen atoms in total. The second-order valence-electron chi connectivity index (χ2n) is 5.09. The van der Waals surface area contributed by atoms with Crippen molar-refractivity contribution >= 4 is 22.5 Å². The molecule has 0 N–H and O–H groups in total. The van der Waals surface area contributed by atoms with Gasteiger partial charge in [0, 0.05) is 31.3 Å². The van der Waals surface area contributed by atoms with Crippen molar-refractivity contribution in [1.82, 2.24) is 9.97 Å². The van der Waals surface area contributed by atoms with Crippen LogP contribution in [0.5, 0.6) is 0 Å². The Labute approximate surface area is 117 Å². The van der Waals surface area contributed by atoms with E-state index in [0.717, 1.165) is 28.0 Å². The Morgan fingerprint density at radius 2 is 2.15 bits per heavy atom. The van der Waals surface area contributed by atoms with Gasteiger partial charge in [-0.25, -0.2) is 9.97 Å². The molecule has 1 unspecified atom stereocenters. The number of aromatic nitrogens is 2. The van der Waals surface area contributed by atoms with E-state index in [1.807, 2.05) is 26.0 Å². The number of carbonyl (C=O) groups is 1. The largest absolute Gasteiger partial charge is 0.364 e. The molecular formula is C15H17N3O2. The van der Waals surface area contributed by atoms with Crippen molar-refractivity contribution in [3.05, 3.63) is 29.7 Å². The number of ether oxygens (including phenoxy) is 1. The van der Waals surface area contributed by atoms with Crippen LogP contribution >= 0.6 is 0 Å². The summed E-state index contributed by atoms with van der Waals surface area (Å²) in [5.41, 5.74) is 1.71. The van der Waals surface area contributed by atoms with Gasteiger partial charge >= 0.3 is 0 Å². The summed E-state index contributed by atoms with van der Waals surface area (Å²) in [5.74, 6) is 0.687. The lowest BCUT2D eigenvalue weighted by molar-refractivity contribution is -0.140. The first-order chi connectivity index (χ1) is 9.53. The third-order valence-electron chi connectivity index (χ3n) is 4.11. The molecule has 0 spiro atoms. The minimum absolute atomic E-state index is 0.0301. The highest BCUT2D eigenvalue weighted by molar-refractivity contribution is 6.08. The van der Waals surface area contributed by atoms with Gasteiger partial charge in [-0.3, -0.25) is 4.79 Å². The summed E-state index contributed by atoms with van der Waals surface area (Å²) >= 11 is 0. The van der Waals surface area contributed by atoms with Crippen LogP contribution in [0.4, 0.5) is 5.69 Å². The predicted molar refractivity (Wildman–Crippen MR) is 76.7 cm³/mol. The topological polar surface area (TPSA) is 55.3 Å². The van der Waals surface area contributed by atoms with E-state index in [1.165, 1.54) is 0 Å². The molecule has 1 aromatic heterocycles. The smallest absolute Gasteiger partial charge is 0.263 e. The van der Waals surface area contributed by atoms with Gasteiger partial charge in [-0.15, -0.1) is 0 Å². The van der Waals surface area contributed by atoms with Crippen molar-refractivity contribution in [2.45, 2.75) is 25.9 Å². The van der Waals surface area contributed by atoms with Crippen molar-refractivity contribution < 1.29 is 9.53 Å². The number of benzene rings is 1. The van der Waals surface area contributed by atoms with Gasteiger partial charge in [0.2, 0.25) is 0 Å². The highest BCUT2D eigenvalue weighted by atomic mass is 16.5. The van der Waals surface area contributed by atoms with Crippen molar-refractivity contribution in [3.8, 4) is 0 Å². The molecule has 5 heteroatoms. The van der Waals surface area contributed by atoms with E-state index in [0.29, 0.717) is 6.42 Å². The molecule has 1 atom stereocenters. The lowest BCUT2D eigenvalue weighted by atomic mass is 9.91. The number of amides is 1. The molecule has 0 bridgehead atoms. The molecule has 1 aliphatic heterocycles. The first kappa shape index (κ1) is 13.0. The molecule has 104 valence electrons. The van der Waals surface area contributed by atoms with Crippen LogP contribution < -0.4 is 4.90 Å². The lowest BCUT2D eigenvalue weighted by Gasteiger charge is -2.24. The minimum atomic E-state index is -0.892. The summed E-state index contributed by atoms with van der Waals surface area (Å²) in [6, 6.07) is 3.91. The highest BCUT2D eigenvalue weighted by Crippen LogP contribution is 2.45. The average Bonchev–Trinajstić information content (AvgIpc) is 2.66. The highest BCUT2D eigenvalue weighted by Gasteiger charge is 2.49. The van der Waals surface area contributed by atoms with Crippen LogP contribution in [0.25, 0.3) is 10.9 Å². The van der Waals surface area contributed by atoms with Crippen molar-refractivity contribution in [2.24, 2.45) is 0 Å². The minimum Gasteiger partial charge on any atom is -0.364 e. The van der Waals surface area contributed by atoms with Crippen LogP contribution in [0.1, 0.15) is 24.7 Å². The monoisotopic (exact) mass is 271 g/mol. The fraction of sp³-hybridized carbons (Fsp3) is 0.400. The van der Waals surface area contributed by atoms with E-state index in [-0.39, 0.29) is 5.91 Å². The number of methoxy groups -OCH3 is 1.